The van der Waals surface area contributed by atoms with Crippen LogP contribution in [-0.2, 0) is 0 Å². The van der Waals surface area contributed by atoms with E-state index in [4.69, 9.17) is 11.6 Å². The maximum absolute atomic E-state index is 14.2. The predicted octanol–water partition coefficient (Wildman–Crippen LogP) is 5.47. The molecular weight excluding hydrogens is 360 g/mol. The number of hydrogen-bond donors (Lipinski definition) is 1. The smallest absolute Gasteiger partial charge is 0.129 e. The average molecular weight is 375 g/mol. The summed E-state index contributed by atoms with van der Waals surface area (Å²) in [7, 11) is 0. The van der Waals surface area contributed by atoms with E-state index in [-0.39, 0.29) is 5.82 Å². The SMILES string of the molecule is CCCNC(c1ccc(Cl)cc1F)c1cc(Br)ccc1F. The number of benzene rings is 2. The van der Waals surface area contributed by atoms with Crippen molar-refractivity contribution in [1.82, 2.24) is 5.32 Å². The Morgan fingerprint density at radius 3 is 2.52 bits per heavy atom. The van der Waals surface area contributed by atoms with Crippen LogP contribution < -0.4 is 5.32 Å². The zero-order valence-corrected chi connectivity index (χ0v) is 13.8. The number of halogens is 4. The molecule has 21 heavy (non-hydrogen) atoms. The highest BCUT2D eigenvalue weighted by molar-refractivity contribution is 9.10. The van der Waals surface area contributed by atoms with Crippen molar-refractivity contribution in [2.75, 3.05) is 6.54 Å². The van der Waals surface area contributed by atoms with Crippen LogP contribution in [0.5, 0.6) is 0 Å². The summed E-state index contributed by atoms with van der Waals surface area (Å²) in [6.07, 6.45) is 0.862. The first-order valence-electron chi connectivity index (χ1n) is 6.66. The topological polar surface area (TPSA) is 12.0 Å². The molecule has 0 saturated heterocycles. The van der Waals surface area contributed by atoms with Gasteiger partial charge in [-0.05, 0) is 43.3 Å². The Labute approximate surface area is 136 Å². The van der Waals surface area contributed by atoms with Gasteiger partial charge in [0, 0.05) is 20.6 Å². The summed E-state index contributed by atoms with van der Waals surface area (Å²) < 4.78 is 29.1. The standard InChI is InChI=1S/C16H15BrClF2N/c1-2-7-21-16(12-5-4-11(18)9-15(12)20)13-8-10(17)3-6-14(13)19/h3-6,8-9,16,21H,2,7H2,1H3. The van der Waals surface area contributed by atoms with Crippen molar-refractivity contribution >= 4 is 27.5 Å². The molecule has 0 aromatic heterocycles. The minimum Gasteiger partial charge on any atom is -0.306 e. The molecule has 2 rings (SSSR count). The quantitative estimate of drug-likeness (QED) is 0.732. The van der Waals surface area contributed by atoms with Crippen molar-refractivity contribution in [3.63, 3.8) is 0 Å². The van der Waals surface area contributed by atoms with Crippen molar-refractivity contribution in [2.45, 2.75) is 19.4 Å². The molecule has 0 bridgehead atoms. The van der Waals surface area contributed by atoms with Crippen LogP contribution in [0.15, 0.2) is 40.9 Å². The van der Waals surface area contributed by atoms with Gasteiger partial charge in [-0.2, -0.15) is 0 Å². The third kappa shape index (κ3) is 4.02. The van der Waals surface area contributed by atoms with Crippen molar-refractivity contribution in [1.29, 1.82) is 0 Å². The molecule has 0 aliphatic heterocycles. The minimum atomic E-state index is -0.556. The molecule has 0 heterocycles. The fourth-order valence-electron chi connectivity index (χ4n) is 2.15. The van der Waals surface area contributed by atoms with E-state index in [1.54, 1.807) is 24.3 Å². The molecule has 0 saturated carbocycles. The van der Waals surface area contributed by atoms with E-state index >= 15 is 0 Å². The summed E-state index contributed by atoms with van der Waals surface area (Å²) in [5, 5.41) is 3.51. The molecule has 0 amide bonds. The molecule has 1 N–H and O–H groups in total. The summed E-state index contributed by atoms with van der Waals surface area (Å²) >= 11 is 9.11. The largest absolute Gasteiger partial charge is 0.306 e. The lowest BCUT2D eigenvalue weighted by Crippen LogP contribution is -2.25. The Morgan fingerprint density at radius 1 is 1.10 bits per heavy atom. The normalized spacial score (nSPS) is 12.4. The fraction of sp³-hybridized carbons (Fsp3) is 0.250. The van der Waals surface area contributed by atoms with Gasteiger partial charge >= 0.3 is 0 Å². The van der Waals surface area contributed by atoms with E-state index in [2.05, 4.69) is 21.2 Å². The molecule has 0 aliphatic carbocycles. The van der Waals surface area contributed by atoms with Gasteiger partial charge in [0.2, 0.25) is 0 Å². The van der Waals surface area contributed by atoms with Crippen LogP contribution in [0.3, 0.4) is 0 Å². The number of nitrogens with one attached hydrogen (secondary N) is 1. The van der Waals surface area contributed by atoms with Gasteiger partial charge in [-0.3, -0.25) is 0 Å². The van der Waals surface area contributed by atoms with Gasteiger partial charge < -0.3 is 5.32 Å². The van der Waals surface area contributed by atoms with Crippen molar-refractivity contribution in [2.24, 2.45) is 0 Å². The monoisotopic (exact) mass is 373 g/mol. The van der Waals surface area contributed by atoms with Crippen LogP contribution in [0.1, 0.15) is 30.5 Å². The van der Waals surface area contributed by atoms with E-state index < -0.39 is 11.9 Å². The maximum atomic E-state index is 14.2. The Bertz CT molecular complexity index is 634. The highest BCUT2D eigenvalue weighted by atomic mass is 79.9. The van der Waals surface area contributed by atoms with E-state index in [0.29, 0.717) is 22.7 Å². The van der Waals surface area contributed by atoms with Crippen LogP contribution >= 0.6 is 27.5 Å². The van der Waals surface area contributed by atoms with E-state index in [0.717, 1.165) is 10.9 Å². The maximum Gasteiger partial charge on any atom is 0.129 e. The Morgan fingerprint density at radius 2 is 1.86 bits per heavy atom. The van der Waals surface area contributed by atoms with Gasteiger partial charge in [-0.15, -0.1) is 0 Å². The van der Waals surface area contributed by atoms with Crippen molar-refractivity contribution < 1.29 is 8.78 Å². The Hall–Kier alpha value is -0.970. The summed E-state index contributed by atoms with van der Waals surface area (Å²) in [5.74, 6) is -0.823. The van der Waals surface area contributed by atoms with E-state index in [9.17, 15) is 8.78 Å². The third-order valence-corrected chi connectivity index (χ3v) is 3.87. The van der Waals surface area contributed by atoms with Crippen LogP contribution in [0, 0.1) is 11.6 Å². The first-order valence-corrected chi connectivity index (χ1v) is 7.83. The second-order valence-electron chi connectivity index (χ2n) is 4.72. The molecule has 0 fully saturated rings. The highest BCUT2D eigenvalue weighted by Gasteiger charge is 2.21. The lowest BCUT2D eigenvalue weighted by molar-refractivity contribution is 0.520. The number of hydrogen-bond acceptors (Lipinski definition) is 1. The predicted molar refractivity (Wildman–Crippen MR) is 85.6 cm³/mol. The second kappa shape index (κ2) is 7.34. The molecule has 1 atom stereocenters. The average Bonchev–Trinajstić information content (AvgIpc) is 2.44. The molecule has 1 unspecified atom stereocenters. The van der Waals surface area contributed by atoms with E-state index in [1.165, 1.54) is 12.1 Å². The molecule has 0 radical (unpaired) electrons. The molecule has 0 spiro atoms. The van der Waals surface area contributed by atoms with Crippen LogP contribution in [-0.4, -0.2) is 6.54 Å². The molecular formula is C16H15BrClF2N. The Balaban J connectivity index is 2.49. The Kier molecular flexibility index (Phi) is 5.73. The van der Waals surface area contributed by atoms with Crippen LogP contribution in [0.2, 0.25) is 5.02 Å². The molecule has 0 aliphatic rings. The zero-order valence-electron chi connectivity index (χ0n) is 11.5. The van der Waals surface area contributed by atoms with Crippen molar-refractivity contribution in [3.8, 4) is 0 Å². The summed E-state index contributed by atoms with van der Waals surface area (Å²) in [6.45, 7) is 2.65. The van der Waals surface area contributed by atoms with Gasteiger partial charge in [-0.1, -0.05) is 40.5 Å². The second-order valence-corrected chi connectivity index (χ2v) is 6.07. The van der Waals surface area contributed by atoms with Gasteiger partial charge in [0.1, 0.15) is 11.6 Å². The zero-order chi connectivity index (χ0) is 15.4. The molecule has 1 nitrogen and oxygen atoms in total. The summed E-state index contributed by atoms with van der Waals surface area (Å²) in [5.41, 5.74) is 0.781. The lowest BCUT2D eigenvalue weighted by Gasteiger charge is -2.21. The van der Waals surface area contributed by atoms with Gasteiger partial charge in [-0.25, -0.2) is 8.78 Å². The minimum absolute atomic E-state index is 0.320. The van der Waals surface area contributed by atoms with Gasteiger partial charge in [0.25, 0.3) is 0 Å². The van der Waals surface area contributed by atoms with Crippen molar-refractivity contribution in [3.05, 3.63) is 68.7 Å². The first kappa shape index (κ1) is 16.4. The van der Waals surface area contributed by atoms with Gasteiger partial charge in [0.15, 0.2) is 0 Å². The summed E-state index contributed by atoms with van der Waals surface area (Å²) in [6, 6.07) is 8.54. The third-order valence-electron chi connectivity index (χ3n) is 3.14. The lowest BCUT2D eigenvalue weighted by atomic mass is 9.97. The van der Waals surface area contributed by atoms with Crippen LogP contribution in [0.4, 0.5) is 8.78 Å². The molecule has 5 heteroatoms. The molecule has 2 aromatic rings. The number of rotatable bonds is 5. The summed E-state index contributed by atoms with van der Waals surface area (Å²) in [4.78, 5) is 0. The van der Waals surface area contributed by atoms with Crippen LogP contribution in [0.25, 0.3) is 0 Å². The molecule has 2 aromatic carbocycles. The first-order chi connectivity index (χ1) is 10.0. The highest BCUT2D eigenvalue weighted by Crippen LogP contribution is 2.30. The fourth-order valence-corrected chi connectivity index (χ4v) is 2.69. The van der Waals surface area contributed by atoms with E-state index in [1.807, 2.05) is 6.92 Å². The van der Waals surface area contributed by atoms with Gasteiger partial charge in [0.05, 0.1) is 6.04 Å². The molecule has 112 valence electrons.